The number of nitrogens with one attached hydrogen (secondary N) is 1. The zero-order chi connectivity index (χ0) is 13.0. The van der Waals surface area contributed by atoms with Gasteiger partial charge in [0.1, 0.15) is 11.6 Å². The van der Waals surface area contributed by atoms with Crippen molar-refractivity contribution in [2.24, 2.45) is 0 Å². The van der Waals surface area contributed by atoms with Crippen molar-refractivity contribution in [2.45, 2.75) is 32.7 Å². The van der Waals surface area contributed by atoms with Crippen LogP contribution in [0.15, 0.2) is 30.0 Å². The summed E-state index contributed by atoms with van der Waals surface area (Å²) in [7, 11) is 0. The number of benzene rings is 1. The monoisotopic (exact) mass is 249 g/mol. The summed E-state index contributed by atoms with van der Waals surface area (Å²) in [6.07, 6.45) is 4.11. The van der Waals surface area contributed by atoms with Gasteiger partial charge in [0.15, 0.2) is 0 Å². The molecule has 1 unspecified atom stereocenters. The van der Waals surface area contributed by atoms with Gasteiger partial charge in [0, 0.05) is 5.56 Å². The minimum Gasteiger partial charge on any atom is -0.496 e. The van der Waals surface area contributed by atoms with Crippen LogP contribution in [0.25, 0.3) is 0 Å². The second kappa shape index (κ2) is 6.01. The Labute approximate surface area is 108 Å². The van der Waals surface area contributed by atoms with Gasteiger partial charge in [-0.2, -0.15) is 0 Å². The number of ether oxygens (including phenoxy) is 1. The summed E-state index contributed by atoms with van der Waals surface area (Å²) in [5.41, 5.74) is 1.34. The molecule has 3 heteroatoms. The van der Waals surface area contributed by atoms with E-state index in [1.807, 2.05) is 19.1 Å². The van der Waals surface area contributed by atoms with Crippen molar-refractivity contribution >= 4 is 0 Å². The Morgan fingerprint density at radius 3 is 2.94 bits per heavy atom. The van der Waals surface area contributed by atoms with E-state index in [4.69, 9.17) is 4.74 Å². The fraction of sp³-hybridized carbons (Fsp3) is 0.467. The highest BCUT2D eigenvalue weighted by Gasteiger charge is 2.22. The van der Waals surface area contributed by atoms with Gasteiger partial charge in [-0.05, 0) is 37.9 Å². The van der Waals surface area contributed by atoms with E-state index in [1.54, 1.807) is 13.0 Å². The zero-order valence-electron chi connectivity index (χ0n) is 11.0. The van der Waals surface area contributed by atoms with Gasteiger partial charge in [-0.1, -0.05) is 25.1 Å². The highest BCUT2D eigenvalue weighted by Crippen LogP contribution is 2.28. The summed E-state index contributed by atoms with van der Waals surface area (Å²) in [5, 5.41) is 3.30. The molecule has 2 rings (SSSR count). The Hall–Kier alpha value is -1.35. The molecule has 0 spiro atoms. The molecular weight excluding hydrogens is 229 g/mol. The van der Waals surface area contributed by atoms with Gasteiger partial charge in [0.25, 0.3) is 0 Å². The average molecular weight is 249 g/mol. The lowest BCUT2D eigenvalue weighted by Crippen LogP contribution is -2.26. The van der Waals surface area contributed by atoms with Gasteiger partial charge in [-0.15, -0.1) is 0 Å². The zero-order valence-corrected chi connectivity index (χ0v) is 11.0. The van der Waals surface area contributed by atoms with Crippen LogP contribution >= 0.6 is 0 Å². The predicted molar refractivity (Wildman–Crippen MR) is 70.8 cm³/mol. The van der Waals surface area contributed by atoms with Crippen molar-refractivity contribution in [3.05, 3.63) is 47.0 Å². The largest absolute Gasteiger partial charge is 0.496 e. The fourth-order valence-corrected chi connectivity index (χ4v) is 2.24. The molecule has 0 amide bonds. The lowest BCUT2D eigenvalue weighted by molar-refractivity contribution is 0.167. The van der Waals surface area contributed by atoms with Gasteiger partial charge in [0.05, 0.1) is 12.6 Å². The topological polar surface area (TPSA) is 21.3 Å². The first-order chi connectivity index (χ1) is 8.74. The Balaban J connectivity index is 2.34. The van der Waals surface area contributed by atoms with E-state index in [0.29, 0.717) is 11.1 Å². The van der Waals surface area contributed by atoms with E-state index in [2.05, 4.69) is 11.4 Å². The third kappa shape index (κ3) is 2.72. The normalized spacial score (nSPS) is 16.9. The van der Waals surface area contributed by atoms with Crippen LogP contribution in [-0.4, -0.2) is 13.2 Å². The van der Waals surface area contributed by atoms with Gasteiger partial charge < -0.3 is 10.1 Å². The van der Waals surface area contributed by atoms with Crippen LogP contribution in [0.3, 0.4) is 0 Å². The van der Waals surface area contributed by atoms with E-state index in [-0.39, 0.29) is 11.9 Å². The summed E-state index contributed by atoms with van der Waals surface area (Å²) in [6, 6.07) is 5.34. The van der Waals surface area contributed by atoms with Gasteiger partial charge in [-0.25, -0.2) is 4.39 Å². The number of rotatable bonds is 4. The lowest BCUT2D eigenvalue weighted by atomic mass is 10.00. The first kappa shape index (κ1) is 13.1. The average Bonchev–Trinajstić information content (AvgIpc) is 2.41. The van der Waals surface area contributed by atoms with Crippen molar-refractivity contribution in [2.75, 3.05) is 13.2 Å². The first-order valence-corrected chi connectivity index (χ1v) is 6.55. The van der Waals surface area contributed by atoms with Crippen molar-refractivity contribution in [3.8, 4) is 0 Å². The second-order valence-electron chi connectivity index (χ2n) is 4.57. The van der Waals surface area contributed by atoms with E-state index in [1.165, 1.54) is 0 Å². The maximum atomic E-state index is 14.2. The molecule has 1 atom stereocenters. The van der Waals surface area contributed by atoms with Crippen LogP contribution in [-0.2, 0) is 4.74 Å². The summed E-state index contributed by atoms with van der Waals surface area (Å²) in [6.45, 7) is 5.31. The molecule has 0 aromatic heterocycles. The molecule has 1 heterocycles. The molecular formula is C15H20FNO. The Bertz CT molecular complexity index is 442. The van der Waals surface area contributed by atoms with Crippen molar-refractivity contribution in [3.63, 3.8) is 0 Å². The molecule has 98 valence electrons. The number of likely N-dealkylation sites (N-methyl/N-ethyl adjacent to an activating group) is 1. The molecule has 1 aliphatic rings. The SMILES string of the molecule is CCNC(C1=CCCCO1)c1cccc(C)c1F. The van der Waals surface area contributed by atoms with E-state index in [9.17, 15) is 4.39 Å². The second-order valence-corrected chi connectivity index (χ2v) is 4.57. The van der Waals surface area contributed by atoms with Crippen LogP contribution in [0, 0.1) is 12.7 Å². The minimum absolute atomic E-state index is 0.140. The minimum atomic E-state index is -0.171. The van der Waals surface area contributed by atoms with Crippen LogP contribution in [0.5, 0.6) is 0 Å². The van der Waals surface area contributed by atoms with Crippen molar-refractivity contribution in [1.82, 2.24) is 5.32 Å². The molecule has 1 aromatic carbocycles. The van der Waals surface area contributed by atoms with Crippen molar-refractivity contribution in [1.29, 1.82) is 0 Å². The third-order valence-electron chi connectivity index (χ3n) is 3.19. The molecule has 0 bridgehead atoms. The molecule has 0 saturated heterocycles. The molecule has 0 fully saturated rings. The molecule has 2 nitrogen and oxygen atoms in total. The smallest absolute Gasteiger partial charge is 0.131 e. The molecule has 0 aliphatic carbocycles. The maximum Gasteiger partial charge on any atom is 0.131 e. The molecule has 1 aliphatic heterocycles. The van der Waals surface area contributed by atoms with Gasteiger partial charge in [-0.3, -0.25) is 0 Å². The predicted octanol–water partition coefficient (Wildman–Crippen LogP) is 3.48. The van der Waals surface area contributed by atoms with Gasteiger partial charge in [0.2, 0.25) is 0 Å². The van der Waals surface area contributed by atoms with Crippen molar-refractivity contribution < 1.29 is 9.13 Å². The number of hydrogen-bond acceptors (Lipinski definition) is 2. The van der Waals surface area contributed by atoms with Crippen LogP contribution < -0.4 is 5.32 Å². The quantitative estimate of drug-likeness (QED) is 0.882. The highest BCUT2D eigenvalue weighted by atomic mass is 19.1. The summed E-state index contributed by atoms with van der Waals surface area (Å²) >= 11 is 0. The molecule has 1 aromatic rings. The van der Waals surface area contributed by atoms with Gasteiger partial charge >= 0.3 is 0 Å². The molecule has 18 heavy (non-hydrogen) atoms. The van der Waals surface area contributed by atoms with E-state index < -0.39 is 0 Å². The summed E-state index contributed by atoms with van der Waals surface area (Å²) in [4.78, 5) is 0. The Kier molecular flexibility index (Phi) is 4.37. The number of allylic oxidation sites excluding steroid dienone is 1. The lowest BCUT2D eigenvalue weighted by Gasteiger charge is -2.25. The van der Waals surface area contributed by atoms with Crippen LogP contribution in [0.2, 0.25) is 0 Å². The van der Waals surface area contributed by atoms with Crippen LogP contribution in [0.1, 0.15) is 36.9 Å². The number of halogens is 1. The summed E-state index contributed by atoms with van der Waals surface area (Å²) < 4.78 is 19.9. The van der Waals surface area contributed by atoms with E-state index >= 15 is 0 Å². The van der Waals surface area contributed by atoms with Crippen LogP contribution in [0.4, 0.5) is 4.39 Å². The number of aryl methyl sites for hydroxylation is 1. The fourth-order valence-electron chi connectivity index (χ4n) is 2.24. The third-order valence-corrected chi connectivity index (χ3v) is 3.19. The Morgan fingerprint density at radius 1 is 1.44 bits per heavy atom. The first-order valence-electron chi connectivity index (χ1n) is 6.55. The maximum absolute atomic E-state index is 14.2. The Morgan fingerprint density at radius 2 is 2.28 bits per heavy atom. The highest BCUT2D eigenvalue weighted by molar-refractivity contribution is 5.32. The number of hydrogen-bond donors (Lipinski definition) is 1. The van der Waals surface area contributed by atoms with E-state index in [0.717, 1.165) is 31.8 Å². The molecule has 0 saturated carbocycles. The summed E-state index contributed by atoms with van der Waals surface area (Å²) in [5.74, 6) is 0.714. The standard InChI is InChI=1S/C15H20FNO/c1-3-17-15(13-9-4-5-10-18-13)12-8-6-7-11(2)14(12)16/h6-9,15,17H,3-5,10H2,1-2H3. The molecule has 1 N–H and O–H groups in total. The molecule has 0 radical (unpaired) electrons.